The molecule has 8 heavy (non-hydrogen) atoms. The average Bonchev–Trinajstić information content (AvgIpc) is 1.67. The molecule has 0 bridgehead atoms. The third-order valence-electron chi connectivity index (χ3n) is 1.27. The first-order chi connectivity index (χ1) is 3.75. The van der Waals surface area contributed by atoms with Crippen molar-refractivity contribution in [3.8, 4) is 0 Å². The Bertz CT molecular complexity index is 147. The van der Waals surface area contributed by atoms with Gasteiger partial charge in [-0.25, -0.2) is 4.79 Å². The molecule has 2 heteroatoms. The number of allylic oxidation sites excluding steroid dienone is 1. The molecule has 1 saturated heterocycles. The van der Waals surface area contributed by atoms with E-state index in [-0.39, 0.29) is 12.1 Å². The van der Waals surface area contributed by atoms with E-state index in [1.807, 2.05) is 13.8 Å². The highest BCUT2D eigenvalue weighted by molar-refractivity contribution is 5.95. The Kier molecular flexibility index (Phi) is 1.08. The Hall–Kier alpha value is -0.790. The van der Waals surface area contributed by atoms with Crippen LogP contribution in [0.3, 0.4) is 0 Å². The van der Waals surface area contributed by atoms with Crippen LogP contribution in [-0.4, -0.2) is 12.1 Å². The van der Waals surface area contributed by atoms with E-state index < -0.39 is 0 Å². The maximum atomic E-state index is 10.4. The van der Waals surface area contributed by atoms with Crippen LogP contribution in [-0.2, 0) is 9.53 Å². The SMILES string of the molecule is C/C=C1/C(=O)OC1C. The van der Waals surface area contributed by atoms with Gasteiger partial charge in [0.05, 0.1) is 5.57 Å². The highest BCUT2D eigenvalue weighted by Gasteiger charge is 2.30. The summed E-state index contributed by atoms with van der Waals surface area (Å²) in [6, 6.07) is 0. The zero-order chi connectivity index (χ0) is 6.15. The lowest BCUT2D eigenvalue weighted by Gasteiger charge is -2.24. The number of carbonyl (C=O) groups is 1. The van der Waals surface area contributed by atoms with Crippen LogP contribution in [0.5, 0.6) is 0 Å². The van der Waals surface area contributed by atoms with Crippen molar-refractivity contribution in [3.05, 3.63) is 11.6 Å². The number of ether oxygens (including phenoxy) is 1. The maximum Gasteiger partial charge on any atom is 0.338 e. The number of carbonyl (C=O) groups excluding carboxylic acids is 1. The quantitative estimate of drug-likeness (QED) is 0.343. The lowest BCUT2D eigenvalue weighted by atomic mass is 10.1. The van der Waals surface area contributed by atoms with Crippen LogP contribution in [0.15, 0.2) is 11.6 Å². The number of rotatable bonds is 0. The molecule has 1 fully saturated rings. The molecule has 0 aromatic carbocycles. The zero-order valence-corrected chi connectivity index (χ0v) is 4.97. The summed E-state index contributed by atoms with van der Waals surface area (Å²) in [4.78, 5) is 10.4. The number of esters is 1. The van der Waals surface area contributed by atoms with E-state index in [0.29, 0.717) is 0 Å². The van der Waals surface area contributed by atoms with Crippen LogP contribution in [0.2, 0.25) is 0 Å². The molecule has 1 rings (SSSR count). The number of cyclic esters (lactones) is 1. The van der Waals surface area contributed by atoms with E-state index in [4.69, 9.17) is 0 Å². The summed E-state index contributed by atoms with van der Waals surface area (Å²) < 4.78 is 4.64. The van der Waals surface area contributed by atoms with Crippen molar-refractivity contribution in [2.24, 2.45) is 0 Å². The van der Waals surface area contributed by atoms with Gasteiger partial charge < -0.3 is 4.74 Å². The molecule has 1 atom stereocenters. The molecule has 0 spiro atoms. The minimum absolute atomic E-state index is 0.0347. The minimum Gasteiger partial charge on any atom is -0.454 e. The van der Waals surface area contributed by atoms with E-state index in [2.05, 4.69) is 4.74 Å². The van der Waals surface area contributed by atoms with Crippen molar-refractivity contribution in [2.45, 2.75) is 20.0 Å². The fourth-order valence-electron chi connectivity index (χ4n) is 0.753. The van der Waals surface area contributed by atoms with Gasteiger partial charge in [0.2, 0.25) is 0 Å². The Morgan fingerprint density at radius 3 is 2.50 bits per heavy atom. The van der Waals surface area contributed by atoms with Crippen LogP contribution in [0.4, 0.5) is 0 Å². The number of hydrogen-bond donors (Lipinski definition) is 0. The van der Waals surface area contributed by atoms with Gasteiger partial charge in [-0.3, -0.25) is 0 Å². The highest BCUT2D eigenvalue weighted by atomic mass is 16.6. The van der Waals surface area contributed by atoms with Crippen LogP contribution < -0.4 is 0 Å². The molecule has 2 nitrogen and oxygen atoms in total. The van der Waals surface area contributed by atoms with E-state index >= 15 is 0 Å². The van der Waals surface area contributed by atoms with Crippen molar-refractivity contribution in [3.63, 3.8) is 0 Å². The van der Waals surface area contributed by atoms with Crippen LogP contribution in [0.25, 0.3) is 0 Å². The molecule has 0 aromatic heterocycles. The first kappa shape index (κ1) is 5.35. The second-order valence-corrected chi connectivity index (χ2v) is 1.79. The summed E-state index contributed by atoms with van der Waals surface area (Å²) in [6.45, 7) is 3.70. The van der Waals surface area contributed by atoms with Crippen molar-refractivity contribution in [1.82, 2.24) is 0 Å². The van der Waals surface area contributed by atoms with Gasteiger partial charge >= 0.3 is 5.97 Å². The van der Waals surface area contributed by atoms with Gasteiger partial charge in [0.1, 0.15) is 6.10 Å². The third kappa shape index (κ3) is 0.529. The molecule has 0 radical (unpaired) electrons. The van der Waals surface area contributed by atoms with Crippen LogP contribution in [0.1, 0.15) is 13.8 Å². The predicted octanol–water partition coefficient (Wildman–Crippen LogP) is 0.878. The first-order valence-corrected chi connectivity index (χ1v) is 2.63. The van der Waals surface area contributed by atoms with Crippen molar-refractivity contribution in [1.29, 1.82) is 0 Å². The van der Waals surface area contributed by atoms with E-state index in [9.17, 15) is 4.79 Å². The summed E-state index contributed by atoms with van der Waals surface area (Å²) in [5, 5.41) is 0. The molecule has 1 unspecified atom stereocenters. The highest BCUT2D eigenvalue weighted by Crippen LogP contribution is 2.19. The lowest BCUT2D eigenvalue weighted by Crippen LogP contribution is -2.33. The fourth-order valence-corrected chi connectivity index (χ4v) is 0.753. The van der Waals surface area contributed by atoms with Crippen molar-refractivity contribution in [2.75, 3.05) is 0 Å². The van der Waals surface area contributed by atoms with Gasteiger partial charge in [-0.05, 0) is 13.8 Å². The molecular weight excluding hydrogens is 104 g/mol. The summed E-state index contributed by atoms with van der Waals surface area (Å²) in [5.74, 6) is -0.167. The lowest BCUT2D eigenvalue weighted by molar-refractivity contribution is -0.154. The molecule has 44 valence electrons. The van der Waals surface area contributed by atoms with Crippen LogP contribution >= 0.6 is 0 Å². The average molecular weight is 112 g/mol. The summed E-state index contributed by atoms with van der Waals surface area (Å²) in [6.07, 6.45) is 1.82. The zero-order valence-electron chi connectivity index (χ0n) is 4.97. The summed E-state index contributed by atoms with van der Waals surface area (Å²) in [5.41, 5.74) is 0.796. The summed E-state index contributed by atoms with van der Waals surface area (Å²) in [7, 11) is 0. The monoisotopic (exact) mass is 112 g/mol. The number of hydrogen-bond acceptors (Lipinski definition) is 2. The molecule has 0 N–H and O–H groups in total. The second kappa shape index (κ2) is 1.62. The van der Waals surface area contributed by atoms with Crippen molar-refractivity contribution >= 4 is 5.97 Å². The first-order valence-electron chi connectivity index (χ1n) is 2.63. The van der Waals surface area contributed by atoms with Gasteiger partial charge in [-0.2, -0.15) is 0 Å². The Balaban J connectivity index is 2.66. The summed E-state index contributed by atoms with van der Waals surface area (Å²) >= 11 is 0. The minimum atomic E-state index is -0.167. The normalized spacial score (nSPS) is 32.0. The fraction of sp³-hybridized carbons (Fsp3) is 0.500. The topological polar surface area (TPSA) is 26.3 Å². The molecule has 0 saturated carbocycles. The van der Waals surface area contributed by atoms with E-state index in [1.54, 1.807) is 6.08 Å². The molecule has 1 aliphatic rings. The van der Waals surface area contributed by atoms with Gasteiger partial charge in [0.15, 0.2) is 0 Å². The van der Waals surface area contributed by atoms with Crippen molar-refractivity contribution < 1.29 is 9.53 Å². The predicted molar refractivity (Wildman–Crippen MR) is 29.3 cm³/mol. The van der Waals surface area contributed by atoms with E-state index in [0.717, 1.165) is 5.57 Å². The molecular formula is C6H8O2. The van der Waals surface area contributed by atoms with Gasteiger partial charge in [-0.15, -0.1) is 0 Å². The van der Waals surface area contributed by atoms with Gasteiger partial charge in [-0.1, -0.05) is 6.08 Å². The Morgan fingerprint density at radius 2 is 2.38 bits per heavy atom. The van der Waals surface area contributed by atoms with Crippen LogP contribution in [0, 0.1) is 0 Å². The van der Waals surface area contributed by atoms with E-state index in [1.165, 1.54) is 0 Å². The molecule has 1 aliphatic heterocycles. The standard InChI is InChI=1S/C6H8O2/c1-3-5-4(2)8-6(5)7/h3-4H,1-2H3/b5-3+. The van der Waals surface area contributed by atoms with Gasteiger partial charge in [0, 0.05) is 0 Å². The molecule has 0 amide bonds. The third-order valence-corrected chi connectivity index (χ3v) is 1.27. The molecule has 0 aromatic rings. The Morgan fingerprint density at radius 1 is 1.75 bits per heavy atom. The smallest absolute Gasteiger partial charge is 0.338 e. The van der Waals surface area contributed by atoms with Gasteiger partial charge in [0.25, 0.3) is 0 Å². The molecule has 0 aliphatic carbocycles. The molecule has 1 heterocycles. The maximum absolute atomic E-state index is 10.4. The Labute approximate surface area is 48.1 Å². The largest absolute Gasteiger partial charge is 0.454 e. The second-order valence-electron chi connectivity index (χ2n) is 1.79.